The summed E-state index contributed by atoms with van der Waals surface area (Å²) in [5, 5.41) is 10.5. The van der Waals surface area contributed by atoms with E-state index in [0.29, 0.717) is 25.7 Å². The lowest BCUT2D eigenvalue weighted by atomic mass is 10.0. The van der Waals surface area contributed by atoms with Crippen LogP contribution in [0.5, 0.6) is 0 Å². The number of phosphoric acid groups is 2. The third-order valence-electron chi connectivity index (χ3n) is 13.9. The predicted octanol–water partition coefficient (Wildman–Crippen LogP) is 17.0. The van der Waals surface area contributed by atoms with Crippen LogP contribution in [0.1, 0.15) is 291 Å². The molecule has 0 rings (SSSR count). The first-order chi connectivity index (χ1) is 39.5. The van der Waals surface area contributed by atoms with Crippen molar-refractivity contribution in [3.05, 3.63) is 24.3 Å². The van der Waals surface area contributed by atoms with Crippen molar-refractivity contribution in [3.63, 3.8) is 0 Å². The Morgan fingerprint density at radius 3 is 1.00 bits per heavy atom. The molecule has 0 aliphatic rings. The molecule has 482 valence electrons. The standard InChI is InChI=1S/C63H118O17P2/c1-6-9-12-15-17-19-21-22-23-24-25-29-34-39-44-49-63(68)80-59(53-74-61(66)47-42-37-32-30-26-27-31-36-40-45-56(4)5)55-78-82(71,72)76-51-57(64)50-75-81(69,70)77-54-58(52-73-60(65)46-41-35-14-11-8-3)79-62(67)48-43-38-33-28-20-18-16-13-10-7-2/h19,21-23,56-59,64H,6-18,20,24-55H2,1-5H3,(H,69,70)(H,71,72)/b21-19-,23-22-/t57-,58+,59+/m0/s1. The van der Waals surface area contributed by atoms with Crippen molar-refractivity contribution in [1.29, 1.82) is 0 Å². The summed E-state index contributed by atoms with van der Waals surface area (Å²) in [6.07, 6.45) is 42.9. The number of ether oxygens (including phenoxy) is 4. The van der Waals surface area contributed by atoms with E-state index in [9.17, 15) is 43.2 Å². The van der Waals surface area contributed by atoms with E-state index >= 15 is 0 Å². The van der Waals surface area contributed by atoms with Crippen molar-refractivity contribution in [1.82, 2.24) is 0 Å². The van der Waals surface area contributed by atoms with Gasteiger partial charge in [-0.15, -0.1) is 0 Å². The van der Waals surface area contributed by atoms with Gasteiger partial charge in [0.2, 0.25) is 0 Å². The highest BCUT2D eigenvalue weighted by Crippen LogP contribution is 2.45. The van der Waals surface area contributed by atoms with Crippen LogP contribution in [0.15, 0.2) is 24.3 Å². The molecule has 2 unspecified atom stereocenters. The zero-order valence-electron chi connectivity index (χ0n) is 52.1. The molecule has 0 aromatic heterocycles. The third kappa shape index (κ3) is 56.7. The number of unbranched alkanes of at least 4 members (excludes halogenated alkanes) is 30. The van der Waals surface area contributed by atoms with Gasteiger partial charge in [-0.05, 0) is 57.3 Å². The van der Waals surface area contributed by atoms with Gasteiger partial charge in [0, 0.05) is 25.7 Å². The molecule has 17 nitrogen and oxygen atoms in total. The fourth-order valence-electron chi connectivity index (χ4n) is 8.87. The average Bonchev–Trinajstić information content (AvgIpc) is 3.46. The SMILES string of the molecule is CCCCCC/C=C\C=C/CCCCCCCC(=O)O[C@H](COC(=O)CCCCCCCCCCCC(C)C)COP(=O)(O)OC[C@@H](O)COP(=O)(O)OC[C@@H](COC(=O)CCCCCCC)OC(=O)CCCCCCCCCCCC. The minimum absolute atomic E-state index is 0.0845. The molecule has 0 aromatic carbocycles. The Morgan fingerprint density at radius 2 is 0.659 bits per heavy atom. The van der Waals surface area contributed by atoms with Gasteiger partial charge in [0.1, 0.15) is 19.3 Å². The van der Waals surface area contributed by atoms with Crippen LogP contribution < -0.4 is 0 Å². The van der Waals surface area contributed by atoms with Crippen LogP contribution in [-0.2, 0) is 65.4 Å². The van der Waals surface area contributed by atoms with E-state index in [4.69, 9.17) is 37.0 Å². The zero-order valence-corrected chi connectivity index (χ0v) is 53.9. The smallest absolute Gasteiger partial charge is 0.462 e. The first-order valence-corrected chi connectivity index (χ1v) is 35.4. The van der Waals surface area contributed by atoms with Crippen molar-refractivity contribution in [3.8, 4) is 0 Å². The molecule has 0 amide bonds. The lowest BCUT2D eigenvalue weighted by molar-refractivity contribution is -0.161. The number of phosphoric ester groups is 2. The third-order valence-corrected chi connectivity index (χ3v) is 15.8. The molecule has 0 fully saturated rings. The lowest BCUT2D eigenvalue weighted by Crippen LogP contribution is -2.30. The van der Waals surface area contributed by atoms with Crippen molar-refractivity contribution in [2.24, 2.45) is 5.92 Å². The average molecular weight is 1210 g/mol. The molecular formula is C63H118O17P2. The first kappa shape index (κ1) is 79.5. The molecular weight excluding hydrogens is 1090 g/mol. The van der Waals surface area contributed by atoms with E-state index < -0.39 is 97.5 Å². The first-order valence-electron chi connectivity index (χ1n) is 32.5. The van der Waals surface area contributed by atoms with Crippen molar-refractivity contribution >= 4 is 39.5 Å². The normalized spacial score (nSPS) is 14.5. The zero-order chi connectivity index (χ0) is 60.6. The van der Waals surface area contributed by atoms with Gasteiger partial charge in [-0.25, -0.2) is 9.13 Å². The van der Waals surface area contributed by atoms with Crippen LogP contribution >= 0.6 is 15.6 Å². The quantitative estimate of drug-likeness (QED) is 0.0169. The van der Waals surface area contributed by atoms with E-state index in [1.165, 1.54) is 96.3 Å². The topological polar surface area (TPSA) is 237 Å². The van der Waals surface area contributed by atoms with Gasteiger partial charge >= 0.3 is 39.5 Å². The summed E-state index contributed by atoms with van der Waals surface area (Å²) < 4.78 is 67.7. The number of carbonyl (C=O) groups is 4. The monoisotopic (exact) mass is 1210 g/mol. The van der Waals surface area contributed by atoms with Gasteiger partial charge in [-0.2, -0.15) is 0 Å². The molecule has 0 saturated heterocycles. The molecule has 19 heteroatoms. The van der Waals surface area contributed by atoms with E-state index in [-0.39, 0.29) is 25.7 Å². The predicted molar refractivity (Wildman–Crippen MR) is 326 cm³/mol. The van der Waals surface area contributed by atoms with Crippen LogP contribution in [0.2, 0.25) is 0 Å². The maximum Gasteiger partial charge on any atom is 0.472 e. The molecule has 0 bridgehead atoms. The van der Waals surface area contributed by atoms with Gasteiger partial charge in [0.05, 0.1) is 26.4 Å². The number of rotatable bonds is 61. The summed E-state index contributed by atoms with van der Waals surface area (Å²) >= 11 is 0. The maximum atomic E-state index is 13.0. The molecule has 82 heavy (non-hydrogen) atoms. The largest absolute Gasteiger partial charge is 0.472 e. The Bertz CT molecular complexity index is 1690. The van der Waals surface area contributed by atoms with Gasteiger partial charge in [-0.1, -0.05) is 239 Å². The summed E-state index contributed by atoms with van der Waals surface area (Å²) in [6.45, 7) is 7.00. The molecule has 0 aliphatic carbocycles. The summed E-state index contributed by atoms with van der Waals surface area (Å²) in [6, 6.07) is 0. The van der Waals surface area contributed by atoms with Crippen LogP contribution in [-0.4, -0.2) is 96.7 Å². The van der Waals surface area contributed by atoms with Gasteiger partial charge in [-0.3, -0.25) is 37.3 Å². The number of aliphatic hydroxyl groups excluding tert-OH is 1. The van der Waals surface area contributed by atoms with Gasteiger partial charge in [0.15, 0.2) is 12.2 Å². The number of aliphatic hydroxyl groups is 1. The van der Waals surface area contributed by atoms with E-state index in [1.54, 1.807) is 0 Å². The maximum absolute atomic E-state index is 13.0. The lowest BCUT2D eigenvalue weighted by Gasteiger charge is -2.21. The molecule has 3 N–H and O–H groups in total. The van der Waals surface area contributed by atoms with E-state index in [0.717, 1.165) is 115 Å². The Hall–Kier alpha value is -2.46. The highest BCUT2D eigenvalue weighted by molar-refractivity contribution is 7.47. The minimum Gasteiger partial charge on any atom is -0.462 e. The van der Waals surface area contributed by atoms with Crippen molar-refractivity contribution in [2.75, 3.05) is 39.6 Å². The Kier molecular flexibility index (Phi) is 54.7. The second-order valence-corrected chi connectivity index (χ2v) is 25.5. The van der Waals surface area contributed by atoms with Gasteiger partial charge < -0.3 is 33.8 Å². The Morgan fingerprint density at radius 1 is 0.378 bits per heavy atom. The highest BCUT2D eigenvalue weighted by atomic mass is 31.2. The van der Waals surface area contributed by atoms with E-state index in [1.807, 2.05) is 0 Å². The molecule has 0 aliphatic heterocycles. The second kappa shape index (κ2) is 56.4. The molecule has 0 heterocycles. The second-order valence-electron chi connectivity index (χ2n) is 22.6. The van der Waals surface area contributed by atoms with Crippen LogP contribution in [0, 0.1) is 5.92 Å². The number of hydrogen-bond donors (Lipinski definition) is 3. The van der Waals surface area contributed by atoms with Crippen molar-refractivity contribution < 1.29 is 80.2 Å². The minimum atomic E-state index is -4.95. The molecule has 0 aromatic rings. The fraction of sp³-hybridized carbons (Fsp3) is 0.873. The highest BCUT2D eigenvalue weighted by Gasteiger charge is 2.30. The summed E-state index contributed by atoms with van der Waals surface area (Å²) in [5.41, 5.74) is 0. The molecule has 0 radical (unpaired) electrons. The number of carbonyl (C=O) groups excluding carboxylic acids is 4. The van der Waals surface area contributed by atoms with Gasteiger partial charge in [0.25, 0.3) is 0 Å². The summed E-state index contributed by atoms with van der Waals surface area (Å²) in [4.78, 5) is 71.9. The summed E-state index contributed by atoms with van der Waals surface area (Å²) in [7, 11) is -9.89. The number of esters is 4. The summed E-state index contributed by atoms with van der Waals surface area (Å²) in [5.74, 6) is -1.44. The van der Waals surface area contributed by atoms with Crippen molar-refractivity contribution in [2.45, 2.75) is 310 Å². The van der Waals surface area contributed by atoms with Crippen LogP contribution in [0.4, 0.5) is 0 Å². The van der Waals surface area contributed by atoms with E-state index in [2.05, 4.69) is 58.9 Å². The van der Waals surface area contributed by atoms with Crippen LogP contribution in [0.3, 0.4) is 0 Å². The molecule has 5 atom stereocenters. The molecule has 0 saturated carbocycles. The fourth-order valence-corrected chi connectivity index (χ4v) is 10.4. The van der Waals surface area contributed by atoms with Crippen LogP contribution in [0.25, 0.3) is 0 Å². The number of allylic oxidation sites excluding steroid dienone is 4. The Labute approximate surface area is 497 Å². The Balaban J connectivity index is 5.22. The molecule has 0 spiro atoms. The number of hydrogen-bond acceptors (Lipinski definition) is 15.